The Labute approximate surface area is 151 Å². The van der Waals surface area contributed by atoms with Crippen molar-refractivity contribution in [2.24, 2.45) is 0 Å². The Bertz CT molecular complexity index is 433. The largest absolute Gasteiger partial charge is 0.741 e. The van der Waals surface area contributed by atoms with Crippen molar-refractivity contribution in [1.29, 1.82) is 0 Å². The summed E-state index contributed by atoms with van der Waals surface area (Å²) in [5.74, 6) is 0. The van der Waals surface area contributed by atoms with Crippen LogP contribution < -0.4 is 0 Å². The fourth-order valence-corrected chi connectivity index (χ4v) is 3.29. The van der Waals surface area contributed by atoms with E-state index >= 15 is 0 Å². The molecule has 0 aromatic carbocycles. The highest BCUT2D eigenvalue weighted by Crippen LogP contribution is 2.21. The van der Waals surface area contributed by atoms with Gasteiger partial charge in [-0.2, -0.15) is 13.2 Å². The first-order valence-corrected chi connectivity index (χ1v) is 10.9. The van der Waals surface area contributed by atoms with Gasteiger partial charge in [0, 0.05) is 0 Å². The first kappa shape index (κ1) is 24.7. The fraction of sp³-hybridized carbons (Fsp3) is 1.00. The monoisotopic (exact) mass is 389 g/mol. The molecule has 0 aromatic heterocycles. The van der Waals surface area contributed by atoms with Crippen LogP contribution in [0.2, 0.25) is 0 Å². The quantitative estimate of drug-likeness (QED) is 0.246. The van der Waals surface area contributed by atoms with Crippen LogP contribution >= 0.6 is 0 Å². The normalized spacial score (nSPS) is 17.7. The van der Waals surface area contributed by atoms with E-state index in [-0.39, 0.29) is 0 Å². The van der Waals surface area contributed by atoms with Crippen LogP contribution in [0.5, 0.6) is 0 Å². The van der Waals surface area contributed by atoms with E-state index < -0.39 is 15.6 Å². The van der Waals surface area contributed by atoms with Gasteiger partial charge in [0.05, 0.1) is 26.2 Å². The van der Waals surface area contributed by atoms with Gasteiger partial charge in [0.1, 0.15) is 0 Å². The van der Waals surface area contributed by atoms with Crippen LogP contribution in [0.15, 0.2) is 0 Å². The molecule has 1 aliphatic heterocycles. The number of piperidine rings is 1. The third kappa shape index (κ3) is 11.1. The third-order valence-electron chi connectivity index (χ3n) is 4.96. The van der Waals surface area contributed by atoms with E-state index in [2.05, 4.69) is 13.8 Å². The Morgan fingerprint density at radius 2 is 1.32 bits per heavy atom. The van der Waals surface area contributed by atoms with Gasteiger partial charge < -0.3 is 9.04 Å². The molecule has 4 nitrogen and oxygen atoms in total. The Balaban J connectivity index is 0.000000609. The van der Waals surface area contributed by atoms with Crippen LogP contribution in [0.4, 0.5) is 13.2 Å². The van der Waals surface area contributed by atoms with Crippen LogP contribution in [-0.4, -0.2) is 49.1 Å². The van der Waals surface area contributed by atoms with Gasteiger partial charge in [-0.1, -0.05) is 39.0 Å². The van der Waals surface area contributed by atoms with Gasteiger partial charge >= 0.3 is 5.51 Å². The minimum absolute atomic E-state index is 1.37. The molecule has 152 valence electrons. The van der Waals surface area contributed by atoms with E-state index in [4.69, 9.17) is 13.0 Å². The number of hydrogen-bond donors (Lipinski definition) is 0. The summed E-state index contributed by atoms with van der Waals surface area (Å²) in [7, 11) is -6.09. The molecular weight excluding hydrogens is 355 g/mol. The number of halogens is 3. The summed E-state index contributed by atoms with van der Waals surface area (Å²) in [4.78, 5) is 0. The van der Waals surface area contributed by atoms with E-state index in [1.165, 1.54) is 94.9 Å². The fourth-order valence-electron chi connectivity index (χ4n) is 3.29. The lowest BCUT2D eigenvalue weighted by molar-refractivity contribution is -0.931. The van der Waals surface area contributed by atoms with Crippen molar-refractivity contribution in [3.8, 4) is 0 Å². The smallest absolute Gasteiger partial charge is 0.485 e. The molecule has 1 fully saturated rings. The number of alkyl halides is 3. The van der Waals surface area contributed by atoms with E-state index in [1.807, 2.05) is 0 Å². The van der Waals surface area contributed by atoms with Crippen molar-refractivity contribution < 1.29 is 30.6 Å². The van der Waals surface area contributed by atoms with Crippen LogP contribution in [0, 0.1) is 0 Å². The van der Waals surface area contributed by atoms with Gasteiger partial charge in [-0.05, 0) is 39.0 Å². The Morgan fingerprint density at radius 3 is 1.72 bits per heavy atom. The Morgan fingerprint density at radius 1 is 0.880 bits per heavy atom. The summed E-state index contributed by atoms with van der Waals surface area (Å²) in [6.45, 7) is 10.5. The summed E-state index contributed by atoms with van der Waals surface area (Å²) < 4.78 is 60.3. The lowest BCUT2D eigenvalue weighted by atomic mass is 10.0. The molecule has 0 radical (unpaired) electrons. The van der Waals surface area contributed by atoms with E-state index in [1.54, 1.807) is 0 Å². The summed E-state index contributed by atoms with van der Waals surface area (Å²) in [6.07, 6.45) is 14.6. The Kier molecular flexibility index (Phi) is 12.0. The predicted octanol–water partition coefficient (Wildman–Crippen LogP) is 4.81. The molecular formula is C17H34F3NO3S. The van der Waals surface area contributed by atoms with E-state index in [0.717, 1.165) is 0 Å². The lowest BCUT2D eigenvalue weighted by Gasteiger charge is -2.41. The van der Waals surface area contributed by atoms with Gasteiger partial charge in [0.15, 0.2) is 10.1 Å². The standard InChI is InChI=1S/C16H34N.CHF3O3S/c1-3-5-6-7-8-9-11-14-17(4-2)15-12-10-13-16-17;2-1(3,4)8(5,6)7/h3-16H2,1-2H3;(H,5,6,7)/q+1;/p-1. The number of rotatable bonds is 9. The molecule has 0 bridgehead atoms. The molecule has 1 rings (SSSR count). The molecule has 0 amide bonds. The summed E-state index contributed by atoms with van der Waals surface area (Å²) in [6, 6.07) is 0. The van der Waals surface area contributed by atoms with Crippen molar-refractivity contribution >= 4 is 10.1 Å². The van der Waals surface area contributed by atoms with Crippen molar-refractivity contribution in [2.45, 2.75) is 83.6 Å². The van der Waals surface area contributed by atoms with Crippen LogP contribution in [0.1, 0.15) is 78.1 Å². The van der Waals surface area contributed by atoms with Crippen LogP contribution in [-0.2, 0) is 10.1 Å². The number of unbranched alkanes of at least 4 members (excludes halogenated alkanes) is 6. The van der Waals surface area contributed by atoms with Gasteiger partial charge in [0.2, 0.25) is 0 Å². The second-order valence-corrected chi connectivity index (χ2v) is 8.28. The second kappa shape index (κ2) is 12.1. The molecule has 0 aromatic rings. The number of quaternary nitrogens is 1. The first-order chi connectivity index (χ1) is 11.6. The average molecular weight is 390 g/mol. The molecule has 0 atom stereocenters. The van der Waals surface area contributed by atoms with Gasteiger partial charge in [0.25, 0.3) is 0 Å². The molecule has 0 unspecified atom stereocenters. The number of likely N-dealkylation sites (tertiary alicyclic amines) is 1. The summed E-state index contributed by atoms with van der Waals surface area (Å²) in [5.41, 5.74) is -5.65. The van der Waals surface area contributed by atoms with Gasteiger partial charge in [-0.15, -0.1) is 0 Å². The zero-order valence-corrected chi connectivity index (χ0v) is 16.4. The number of hydrogen-bond acceptors (Lipinski definition) is 3. The molecule has 0 saturated carbocycles. The maximum absolute atomic E-state index is 10.7. The summed E-state index contributed by atoms with van der Waals surface area (Å²) >= 11 is 0. The van der Waals surface area contributed by atoms with Crippen molar-refractivity contribution in [1.82, 2.24) is 0 Å². The van der Waals surface area contributed by atoms with E-state index in [9.17, 15) is 13.2 Å². The van der Waals surface area contributed by atoms with Gasteiger partial charge in [-0.25, -0.2) is 8.42 Å². The molecule has 0 N–H and O–H groups in total. The topological polar surface area (TPSA) is 57.2 Å². The minimum Gasteiger partial charge on any atom is -0.741 e. The zero-order chi connectivity index (χ0) is 19.4. The lowest BCUT2D eigenvalue weighted by Crippen LogP contribution is -2.51. The zero-order valence-electron chi connectivity index (χ0n) is 15.6. The predicted molar refractivity (Wildman–Crippen MR) is 93.0 cm³/mol. The van der Waals surface area contributed by atoms with E-state index in [0.29, 0.717) is 0 Å². The second-order valence-electron chi connectivity index (χ2n) is 6.91. The molecule has 1 heterocycles. The highest BCUT2D eigenvalue weighted by molar-refractivity contribution is 7.86. The number of nitrogens with zero attached hydrogens (tertiary/aromatic N) is 1. The molecule has 0 aliphatic carbocycles. The SMILES string of the molecule is CCCCCCCCC[N+]1(CC)CCCCC1.O=S(=O)([O-])C(F)(F)F. The Hall–Kier alpha value is -0.340. The van der Waals surface area contributed by atoms with Crippen LogP contribution in [0.3, 0.4) is 0 Å². The molecule has 1 saturated heterocycles. The average Bonchev–Trinajstić information content (AvgIpc) is 2.54. The molecule has 0 spiro atoms. The van der Waals surface area contributed by atoms with Crippen LogP contribution in [0.25, 0.3) is 0 Å². The highest BCUT2D eigenvalue weighted by atomic mass is 32.2. The maximum Gasteiger partial charge on any atom is 0.485 e. The molecule has 8 heteroatoms. The maximum atomic E-state index is 10.7. The van der Waals surface area contributed by atoms with Crippen molar-refractivity contribution in [2.75, 3.05) is 26.2 Å². The highest BCUT2D eigenvalue weighted by Gasteiger charge is 2.36. The van der Waals surface area contributed by atoms with Crippen molar-refractivity contribution in [3.63, 3.8) is 0 Å². The minimum atomic E-state index is -6.09. The van der Waals surface area contributed by atoms with Crippen molar-refractivity contribution in [3.05, 3.63) is 0 Å². The first-order valence-electron chi connectivity index (χ1n) is 9.45. The third-order valence-corrected chi connectivity index (χ3v) is 5.52. The summed E-state index contributed by atoms with van der Waals surface area (Å²) in [5, 5.41) is 0. The molecule has 25 heavy (non-hydrogen) atoms. The van der Waals surface area contributed by atoms with Gasteiger partial charge in [-0.3, -0.25) is 0 Å². The molecule has 1 aliphatic rings.